The Kier molecular flexibility index (Phi) is 7.08. The fraction of sp³-hybridized carbons (Fsp3) is 0.385. The number of amides is 1. The molecular formula is C26H30FN3O3. The Balaban J connectivity index is 1.44. The molecule has 0 radical (unpaired) electrons. The Bertz CT molecular complexity index is 1120. The van der Waals surface area contributed by atoms with Crippen LogP contribution in [0.5, 0.6) is 0 Å². The van der Waals surface area contributed by atoms with Crippen LogP contribution in [0.4, 0.5) is 10.1 Å². The number of likely N-dealkylation sites (tertiary alicyclic amines) is 1. The number of anilines is 1. The lowest BCUT2D eigenvalue weighted by molar-refractivity contribution is -0.121. The van der Waals surface area contributed by atoms with Gasteiger partial charge in [0.25, 0.3) is 0 Å². The predicted octanol–water partition coefficient (Wildman–Crippen LogP) is 4.77. The molecule has 0 bridgehead atoms. The Morgan fingerprint density at radius 1 is 1.18 bits per heavy atom. The fourth-order valence-electron chi connectivity index (χ4n) is 4.54. The van der Waals surface area contributed by atoms with Gasteiger partial charge >= 0.3 is 5.97 Å². The zero-order valence-corrected chi connectivity index (χ0v) is 19.1. The number of nitrogens with zero attached hydrogens (tertiary/aromatic N) is 1. The highest BCUT2D eigenvalue weighted by atomic mass is 19.1. The minimum atomic E-state index is -0.584. The minimum absolute atomic E-state index is 0.125. The molecule has 1 amide bonds. The predicted molar refractivity (Wildman–Crippen MR) is 127 cm³/mol. The van der Waals surface area contributed by atoms with Gasteiger partial charge in [0.05, 0.1) is 18.3 Å². The first-order chi connectivity index (χ1) is 16.0. The van der Waals surface area contributed by atoms with Crippen molar-refractivity contribution in [1.29, 1.82) is 0 Å². The molecule has 1 atom stereocenters. The standard InChI is InChI=1S/C26H30FN3O3/c1-3-33-26(32)24-23(21-16-20(27)9-10-22(21)28-24)29-25(31)17(2)30-13-11-19(12-14-30)15-18-7-5-4-6-8-18/h4-10,16-17,19,28H,3,11-15H2,1-2H3,(H,29,31)/t17-/m0/s1. The third-order valence-corrected chi connectivity index (χ3v) is 6.43. The van der Waals surface area contributed by atoms with E-state index in [2.05, 4.69) is 39.5 Å². The van der Waals surface area contributed by atoms with Gasteiger partial charge in [-0.25, -0.2) is 9.18 Å². The zero-order chi connectivity index (χ0) is 23.4. The van der Waals surface area contributed by atoms with Gasteiger partial charge < -0.3 is 15.0 Å². The molecule has 0 saturated carbocycles. The molecule has 1 fully saturated rings. The number of esters is 1. The van der Waals surface area contributed by atoms with Crippen molar-refractivity contribution in [2.45, 2.75) is 39.2 Å². The van der Waals surface area contributed by atoms with E-state index >= 15 is 0 Å². The first-order valence-electron chi connectivity index (χ1n) is 11.5. The summed E-state index contributed by atoms with van der Waals surface area (Å²) in [6, 6.07) is 14.3. The zero-order valence-electron chi connectivity index (χ0n) is 19.1. The normalized spacial score (nSPS) is 16.0. The van der Waals surface area contributed by atoms with Crippen LogP contribution in [0.25, 0.3) is 10.9 Å². The molecule has 4 rings (SSSR count). The van der Waals surface area contributed by atoms with Crippen molar-refractivity contribution in [3.8, 4) is 0 Å². The van der Waals surface area contributed by atoms with Crippen LogP contribution in [-0.4, -0.2) is 47.5 Å². The molecule has 33 heavy (non-hydrogen) atoms. The van der Waals surface area contributed by atoms with Crippen LogP contribution in [0.1, 0.15) is 42.7 Å². The Morgan fingerprint density at radius 3 is 2.61 bits per heavy atom. The van der Waals surface area contributed by atoms with Crippen molar-refractivity contribution < 1.29 is 18.7 Å². The number of rotatable bonds is 7. The van der Waals surface area contributed by atoms with E-state index in [1.54, 1.807) is 13.0 Å². The minimum Gasteiger partial charge on any atom is -0.461 e. The van der Waals surface area contributed by atoms with E-state index in [4.69, 9.17) is 4.74 Å². The van der Waals surface area contributed by atoms with Crippen molar-refractivity contribution in [1.82, 2.24) is 9.88 Å². The van der Waals surface area contributed by atoms with Gasteiger partial charge in [-0.1, -0.05) is 30.3 Å². The number of aromatic nitrogens is 1. The summed E-state index contributed by atoms with van der Waals surface area (Å²) in [6.45, 7) is 5.44. The smallest absolute Gasteiger partial charge is 0.356 e. The number of aromatic amines is 1. The highest BCUT2D eigenvalue weighted by Gasteiger charge is 2.29. The summed E-state index contributed by atoms with van der Waals surface area (Å²) in [5, 5.41) is 3.31. The SMILES string of the molecule is CCOC(=O)c1[nH]c2ccc(F)cc2c1NC(=O)[C@H](C)N1CCC(Cc2ccccc2)CC1. The van der Waals surface area contributed by atoms with E-state index < -0.39 is 11.8 Å². The van der Waals surface area contributed by atoms with Gasteiger partial charge in [0.15, 0.2) is 0 Å². The first-order valence-corrected chi connectivity index (χ1v) is 11.5. The van der Waals surface area contributed by atoms with Crippen LogP contribution < -0.4 is 5.32 Å². The van der Waals surface area contributed by atoms with Gasteiger partial charge in [0.2, 0.25) is 5.91 Å². The summed E-state index contributed by atoms with van der Waals surface area (Å²) in [4.78, 5) is 30.7. The molecule has 1 saturated heterocycles. The molecular weight excluding hydrogens is 421 g/mol. The Labute approximate surface area is 193 Å². The topological polar surface area (TPSA) is 74.4 Å². The summed E-state index contributed by atoms with van der Waals surface area (Å²) in [7, 11) is 0. The molecule has 174 valence electrons. The maximum Gasteiger partial charge on any atom is 0.356 e. The second-order valence-electron chi connectivity index (χ2n) is 8.62. The lowest BCUT2D eigenvalue weighted by atomic mass is 9.89. The average Bonchev–Trinajstić information content (AvgIpc) is 3.17. The number of benzene rings is 2. The number of nitrogens with one attached hydrogen (secondary N) is 2. The maximum atomic E-state index is 13.9. The molecule has 0 aliphatic carbocycles. The third-order valence-electron chi connectivity index (χ3n) is 6.43. The molecule has 2 N–H and O–H groups in total. The average molecular weight is 452 g/mol. The molecule has 1 aromatic heterocycles. The molecule has 6 nitrogen and oxygen atoms in total. The van der Waals surface area contributed by atoms with Crippen LogP contribution in [0.15, 0.2) is 48.5 Å². The highest BCUT2D eigenvalue weighted by Crippen LogP contribution is 2.30. The van der Waals surface area contributed by atoms with E-state index in [1.165, 1.54) is 17.7 Å². The fourth-order valence-corrected chi connectivity index (χ4v) is 4.54. The van der Waals surface area contributed by atoms with Gasteiger partial charge in [0, 0.05) is 10.9 Å². The molecule has 3 aromatic rings. The van der Waals surface area contributed by atoms with Crippen molar-refractivity contribution >= 4 is 28.5 Å². The number of halogens is 1. The van der Waals surface area contributed by atoms with Gasteiger partial charge in [0.1, 0.15) is 11.5 Å². The monoisotopic (exact) mass is 451 g/mol. The van der Waals surface area contributed by atoms with Gasteiger partial charge in [-0.2, -0.15) is 0 Å². The number of hydrogen-bond acceptors (Lipinski definition) is 4. The summed E-state index contributed by atoms with van der Waals surface area (Å²) >= 11 is 0. The summed E-state index contributed by atoms with van der Waals surface area (Å²) < 4.78 is 19.0. The largest absolute Gasteiger partial charge is 0.461 e. The number of carbonyl (C=O) groups excluding carboxylic acids is 2. The van der Waals surface area contributed by atoms with E-state index in [9.17, 15) is 14.0 Å². The van der Waals surface area contributed by atoms with Crippen molar-refractivity contribution in [3.05, 3.63) is 65.6 Å². The summed E-state index contributed by atoms with van der Waals surface area (Å²) in [5.74, 6) is -0.655. The van der Waals surface area contributed by atoms with Gasteiger partial charge in [-0.3, -0.25) is 9.69 Å². The molecule has 0 unspecified atom stereocenters. The number of H-pyrrole nitrogens is 1. The first kappa shape index (κ1) is 23.0. The number of ether oxygens (including phenoxy) is 1. The molecule has 2 aromatic carbocycles. The van der Waals surface area contributed by atoms with Crippen molar-refractivity contribution in [2.75, 3.05) is 25.0 Å². The molecule has 1 aliphatic heterocycles. The van der Waals surface area contributed by atoms with Gasteiger partial charge in [-0.15, -0.1) is 0 Å². The summed E-state index contributed by atoms with van der Waals surface area (Å²) in [5.41, 5.74) is 2.29. The van der Waals surface area contributed by atoms with E-state index in [0.29, 0.717) is 16.8 Å². The van der Waals surface area contributed by atoms with Crippen LogP contribution >= 0.6 is 0 Å². The number of fused-ring (bicyclic) bond motifs is 1. The quantitative estimate of drug-likeness (QED) is 0.508. The highest BCUT2D eigenvalue weighted by molar-refractivity contribution is 6.11. The van der Waals surface area contributed by atoms with Crippen LogP contribution in [-0.2, 0) is 16.0 Å². The Morgan fingerprint density at radius 2 is 1.91 bits per heavy atom. The van der Waals surface area contributed by atoms with Crippen molar-refractivity contribution in [3.63, 3.8) is 0 Å². The lowest BCUT2D eigenvalue weighted by Crippen LogP contribution is -2.46. The third kappa shape index (κ3) is 5.25. The van der Waals surface area contributed by atoms with Gasteiger partial charge in [-0.05, 0) is 75.9 Å². The van der Waals surface area contributed by atoms with Crippen LogP contribution in [0, 0.1) is 11.7 Å². The van der Waals surface area contributed by atoms with Crippen LogP contribution in [0.3, 0.4) is 0 Å². The molecule has 7 heteroatoms. The van der Waals surface area contributed by atoms with Crippen LogP contribution in [0.2, 0.25) is 0 Å². The molecule has 0 spiro atoms. The number of piperidine rings is 1. The van der Waals surface area contributed by atoms with E-state index in [1.807, 2.05) is 13.0 Å². The molecule has 2 heterocycles. The maximum absolute atomic E-state index is 13.9. The van der Waals surface area contributed by atoms with E-state index in [0.717, 1.165) is 32.4 Å². The second-order valence-corrected chi connectivity index (χ2v) is 8.62. The second kappa shape index (κ2) is 10.2. The lowest BCUT2D eigenvalue weighted by Gasteiger charge is -2.35. The van der Waals surface area contributed by atoms with E-state index in [-0.39, 0.29) is 29.9 Å². The number of hydrogen-bond donors (Lipinski definition) is 2. The molecule has 1 aliphatic rings. The summed E-state index contributed by atoms with van der Waals surface area (Å²) in [6.07, 6.45) is 3.11. The Hall–Kier alpha value is -3.19. The number of carbonyl (C=O) groups is 2. The van der Waals surface area contributed by atoms with Crippen molar-refractivity contribution in [2.24, 2.45) is 5.92 Å².